The topological polar surface area (TPSA) is 96.4 Å². The van der Waals surface area contributed by atoms with E-state index in [0.29, 0.717) is 42.5 Å². The molecule has 9 heteroatoms. The third-order valence-electron chi connectivity index (χ3n) is 6.53. The second kappa shape index (κ2) is 8.90. The number of rotatable bonds is 1. The number of ether oxygens (including phenoxy) is 1. The number of carbonyl (C=O) groups is 1. The van der Waals surface area contributed by atoms with E-state index in [1.165, 1.54) is 0 Å². The van der Waals surface area contributed by atoms with Gasteiger partial charge in [-0.2, -0.15) is 0 Å². The lowest BCUT2D eigenvalue weighted by Crippen LogP contribution is -2.52. The minimum absolute atomic E-state index is 0.137. The molecule has 2 aromatic heterocycles. The van der Waals surface area contributed by atoms with Crippen molar-refractivity contribution in [1.29, 1.82) is 0 Å². The van der Waals surface area contributed by atoms with Gasteiger partial charge in [0.2, 0.25) is 5.91 Å². The fraction of sp³-hybridized carbons (Fsp3) is 0.458. The van der Waals surface area contributed by atoms with E-state index in [1.54, 1.807) is 18.6 Å². The third kappa shape index (κ3) is 4.32. The fourth-order valence-electron chi connectivity index (χ4n) is 4.58. The summed E-state index contributed by atoms with van der Waals surface area (Å²) in [6.07, 6.45) is 7.75. The largest absolute Gasteiger partial charge is 0.491 e. The average Bonchev–Trinajstić information content (AvgIpc) is 2.82. The number of nitrogens with one attached hydrogen (secondary N) is 1. The number of anilines is 1. The molecule has 2 aliphatic rings. The summed E-state index contributed by atoms with van der Waals surface area (Å²) in [6.45, 7) is 3.81. The summed E-state index contributed by atoms with van der Waals surface area (Å²) in [5.41, 5.74) is 3.23. The molecule has 1 amide bonds. The van der Waals surface area contributed by atoms with Gasteiger partial charge in [0.15, 0.2) is 5.75 Å². The third-order valence-corrected chi connectivity index (χ3v) is 6.53. The van der Waals surface area contributed by atoms with Crippen molar-refractivity contribution in [3.63, 3.8) is 0 Å². The van der Waals surface area contributed by atoms with Gasteiger partial charge in [0.05, 0.1) is 24.4 Å². The van der Waals surface area contributed by atoms with Crippen LogP contribution < -0.4 is 10.1 Å². The van der Waals surface area contributed by atoms with Gasteiger partial charge in [-0.05, 0) is 45.4 Å². The maximum Gasteiger partial charge on any atom is 0.239 e. The molecule has 0 saturated carbocycles. The van der Waals surface area contributed by atoms with Crippen molar-refractivity contribution >= 4 is 22.8 Å². The number of nitrogens with zero attached hydrogens (tertiary/aromatic N) is 6. The van der Waals surface area contributed by atoms with Gasteiger partial charge >= 0.3 is 0 Å². The highest BCUT2D eigenvalue weighted by Gasteiger charge is 2.33. The lowest BCUT2D eigenvalue weighted by atomic mass is 9.96. The number of fused-ring (bicyclic) bond motifs is 3. The molecule has 5 rings (SSSR count). The second-order valence-electron chi connectivity index (χ2n) is 8.91. The molecule has 1 N–H and O–H groups in total. The lowest BCUT2D eigenvalue weighted by Gasteiger charge is -2.38. The molecule has 33 heavy (non-hydrogen) atoms. The van der Waals surface area contributed by atoms with Crippen LogP contribution >= 0.6 is 0 Å². The number of aryl methyl sites for hydroxylation is 1. The number of amides is 1. The van der Waals surface area contributed by atoms with Crippen LogP contribution in [-0.2, 0) is 4.79 Å². The Bertz CT molecular complexity index is 1170. The highest BCUT2D eigenvalue weighted by molar-refractivity contribution is 5.90. The Balaban J connectivity index is 1.58. The minimum atomic E-state index is -0.137. The van der Waals surface area contributed by atoms with Crippen LogP contribution in [0.3, 0.4) is 0 Å². The molecule has 0 spiro atoms. The van der Waals surface area contributed by atoms with Gasteiger partial charge in [-0.3, -0.25) is 14.7 Å². The van der Waals surface area contributed by atoms with Gasteiger partial charge in [-0.25, -0.2) is 15.0 Å². The van der Waals surface area contributed by atoms with Crippen molar-refractivity contribution < 1.29 is 9.53 Å². The summed E-state index contributed by atoms with van der Waals surface area (Å²) in [4.78, 5) is 35.3. The van der Waals surface area contributed by atoms with Crippen molar-refractivity contribution in [1.82, 2.24) is 29.7 Å². The first-order chi connectivity index (χ1) is 16.0. The molecule has 4 heterocycles. The Morgan fingerprint density at radius 1 is 1.09 bits per heavy atom. The lowest BCUT2D eigenvalue weighted by molar-refractivity contribution is -0.136. The Morgan fingerprint density at radius 2 is 1.91 bits per heavy atom. The van der Waals surface area contributed by atoms with Gasteiger partial charge in [0.25, 0.3) is 0 Å². The van der Waals surface area contributed by atoms with E-state index >= 15 is 0 Å². The Morgan fingerprint density at radius 3 is 2.73 bits per heavy atom. The number of aromatic nitrogens is 4. The van der Waals surface area contributed by atoms with Crippen LogP contribution in [0.15, 0.2) is 30.7 Å². The molecule has 172 valence electrons. The number of hydrogen-bond donors (Lipinski definition) is 1. The van der Waals surface area contributed by atoms with Crippen LogP contribution in [-0.4, -0.2) is 81.5 Å². The number of carbonyl (C=O) groups excluding carboxylic acids is 1. The summed E-state index contributed by atoms with van der Waals surface area (Å²) in [5.74, 6) is 2.23. The van der Waals surface area contributed by atoms with Crippen molar-refractivity contribution in [2.45, 2.75) is 38.3 Å². The van der Waals surface area contributed by atoms with Crippen molar-refractivity contribution in [3.05, 3.63) is 36.5 Å². The van der Waals surface area contributed by atoms with Gasteiger partial charge in [0.1, 0.15) is 17.2 Å². The molecule has 2 aliphatic heterocycles. The monoisotopic (exact) mass is 447 g/mol. The predicted octanol–water partition coefficient (Wildman–Crippen LogP) is 2.51. The SMILES string of the molecule is Cc1ncc(-c2ccc3ncc4nc3c2OCCCN(C)C(=O)[C@@H]2C[C@H](CCN2C)N4)cn1. The first kappa shape index (κ1) is 21.5. The van der Waals surface area contributed by atoms with Crippen LogP contribution in [0.2, 0.25) is 0 Å². The number of likely N-dealkylation sites (N-methyl/N-ethyl adjacent to an activating group) is 2. The van der Waals surface area contributed by atoms with Crippen molar-refractivity contribution in [3.8, 4) is 16.9 Å². The maximum atomic E-state index is 13.1. The maximum absolute atomic E-state index is 13.1. The zero-order valence-electron chi connectivity index (χ0n) is 19.3. The molecule has 4 bridgehead atoms. The van der Waals surface area contributed by atoms with Crippen LogP contribution in [0.4, 0.5) is 5.82 Å². The molecule has 1 saturated heterocycles. The van der Waals surface area contributed by atoms with E-state index in [4.69, 9.17) is 9.72 Å². The summed E-state index contributed by atoms with van der Waals surface area (Å²) >= 11 is 0. The van der Waals surface area contributed by atoms with Crippen molar-refractivity contribution in [2.24, 2.45) is 0 Å². The number of likely N-dealkylation sites (tertiary alicyclic amines) is 1. The van der Waals surface area contributed by atoms with Crippen LogP contribution in [0, 0.1) is 6.92 Å². The quantitative estimate of drug-likeness (QED) is 0.608. The Kier molecular flexibility index (Phi) is 5.80. The molecule has 1 fully saturated rings. The predicted molar refractivity (Wildman–Crippen MR) is 126 cm³/mol. The van der Waals surface area contributed by atoms with Crippen LogP contribution in [0.25, 0.3) is 22.2 Å². The summed E-state index contributed by atoms with van der Waals surface area (Å²) in [5, 5.41) is 3.52. The first-order valence-corrected chi connectivity index (χ1v) is 11.4. The zero-order chi connectivity index (χ0) is 22.9. The second-order valence-corrected chi connectivity index (χ2v) is 8.91. The molecule has 9 nitrogen and oxygen atoms in total. The molecule has 2 atom stereocenters. The van der Waals surface area contributed by atoms with Gasteiger partial charge in [0, 0.05) is 49.7 Å². The highest BCUT2D eigenvalue weighted by atomic mass is 16.5. The van der Waals surface area contributed by atoms with Gasteiger partial charge < -0.3 is 15.0 Å². The molecule has 1 aromatic carbocycles. The number of benzene rings is 1. The van der Waals surface area contributed by atoms with E-state index in [9.17, 15) is 4.79 Å². The molecule has 0 aliphatic carbocycles. The van der Waals surface area contributed by atoms with Gasteiger partial charge in [-0.15, -0.1) is 0 Å². The molecular weight excluding hydrogens is 418 g/mol. The van der Waals surface area contributed by atoms with Crippen LogP contribution in [0.5, 0.6) is 5.75 Å². The van der Waals surface area contributed by atoms with E-state index in [2.05, 4.69) is 25.2 Å². The highest BCUT2D eigenvalue weighted by Crippen LogP contribution is 2.36. The van der Waals surface area contributed by atoms with E-state index in [-0.39, 0.29) is 18.0 Å². The molecule has 3 aromatic rings. The van der Waals surface area contributed by atoms with E-state index < -0.39 is 0 Å². The smallest absolute Gasteiger partial charge is 0.239 e. The summed E-state index contributed by atoms with van der Waals surface area (Å²) < 4.78 is 6.30. The Labute approximate surface area is 193 Å². The molecule has 0 unspecified atom stereocenters. The molecular formula is C24H29N7O2. The van der Waals surface area contributed by atoms with Gasteiger partial charge in [-0.1, -0.05) is 0 Å². The van der Waals surface area contributed by atoms with Crippen molar-refractivity contribution in [2.75, 3.05) is 39.1 Å². The van der Waals surface area contributed by atoms with E-state index in [1.807, 2.05) is 38.1 Å². The number of piperidine rings is 1. The summed E-state index contributed by atoms with van der Waals surface area (Å²) in [7, 11) is 3.90. The average molecular weight is 448 g/mol. The first-order valence-electron chi connectivity index (χ1n) is 11.4. The van der Waals surface area contributed by atoms with Crippen LogP contribution in [0.1, 0.15) is 25.1 Å². The fourth-order valence-corrected chi connectivity index (χ4v) is 4.58. The standard InChI is InChI=1S/C24H29N7O2/c1-15-25-12-16(13-26-15)18-5-6-19-22-23(18)33-10-4-8-31(3)24(32)20-11-17(7-9-30(20)2)28-21(29-22)14-27-19/h5-6,12-14,17,20H,4,7-11H2,1-3H3,(H,28,29)/t17-,20-/m0/s1. The normalized spacial score (nSPS) is 22.0. The molecule has 0 radical (unpaired) electrons. The zero-order valence-corrected chi connectivity index (χ0v) is 19.3. The number of hydrogen-bond acceptors (Lipinski definition) is 8. The summed E-state index contributed by atoms with van der Waals surface area (Å²) in [6, 6.07) is 3.95. The minimum Gasteiger partial charge on any atom is -0.491 e. The van der Waals surface area contributed by atoms with E-state index in [0.717, 1.165) is 36.0 Å². The Hall–Kier alpha value is -3.33.